The van der Waals surface area contributed by atoms with Crippen molar-refractivity contribution in [2.45, 2.75) is 37.2 Å². The largest absolute Gasteiger partial charge is 0.496 e. The summed E-state index contributed by atoms with van der Waals surface area (Å²) in [4.78, 5) is 25.0. The molecule has 2 aromatic carbocycles. The average Bonchev–Trinajstić information content (AvgIpc) is 2.86. The maximum atomic E-state index is 12.9. The quantitative estimate of drug-likeness (QED) is 0.429. The van der Waals surface area contributed by atoms with E-state index in [2.05, 4.69) is 27.5 Å². The maximum absolute atomic E-state index is 12.9. The van der Waals surface area contributed by atoms with E-state index in [0.29, 0.717) is 30.7 Å². The van der Waals surface area contributed by atoms with Crippen molar-refractivity contribution in [1.29, 1.82) is 0 Å². The van der Waals surface area contributed by atoms with Crippen LogP contribution in [0, 0.1) is 0 Å². The summed E-state index contributed by atoms with van der Waals surface area (Å²) in [7, 11) is -1.76. The first-order chi connectivity index (χ1) is 16.7. The second kappa shape index (κ2) is 12.0. The molecule has 0 saturated heterocycles. The standard InChI is InChI=1S/C25H33N3O6S/c1-33-22-11-7-6-10-21(22)23(29)27-18-25(19-8-4-3-5-9-19)14-12-20(13-15-25)34-24(30)26-16-17-28-35(2,31)32/h3-11,20,28H,12-18H2,1-2H3,(H,26,30)(H,27,29). The third-order valence-electron chi connectivity index (χ3n) is 6.25. The van der Waals surface area contributed by atoms with Crippen LogP contribution in [-0.2, 0) is 20.2 Å². The number of nitrogens with one attached hydrogen (secondary N) is 3. The number of amides is 2. The van der Waals surface area contributed by atoms with E-state index in [0.717, 1.165) is 24.7 Å². The number of para-hydroxylation sites is 1. The predicted molar refractivity (Wildman–Crippen MR) is 133 cm³/mol. The van der Waals surface area contributed by atoms with E-state index in [1.807, 2.05) is 24.3 Å². The summed E-state index contributed by atoms with van der Waals surface area (Å²) in [5.41, 5.74) is 1.33. The Morgan fingerprint density at radius 3 is 2.29 bits per heavy atom. The number of sulfonamides is 1. The summed E-state index contributed by atoms with van der Waals surface area (Å²) < 4.78 is 35.4. The lowest BCUT2D eigenvalue weighted by Gasteiger charge is -2.40. The number of methoxy groups -OCH3 is 1. The molecular weight excluding hydrogens is 470 g/mol. The van der Waals surface area contributed by atoms with E-state index in [1.165, 1.54) is 7.11 Å². The number of carbonyl (C=O) groups excluding carboxylic acids is 2. The van der Waals surface area contributed by atoms with Crippen LogP contribution in [0.15, 0.2) is 54.6 Å². The molecule has 1 aliphatic carbocycles. The van der Waals surface area contributed by atoms with Gasteiger partial charge < -0.3 is 20.1 Å². The Kier molecular flexibility index (Phi) is 9.11. The number of alkyl carbamates (subject to hydrolysis) is 1. The van der Waals surface area contributed by atoms with Gasteiger partial charge in [0.05, 0.1) is 18.9 Å². The molecule has 1 aliphatic rings. The van der Waals surface area contributed by atoms with E-state index in [1.54, 1.807) is 18.2 Å². The average molecular weight is 504 g/mol. The van der Waals surface area contributed by atoms with Gasteiger partial charge in [0.15, 0.2) is 0 Å². The van der Waals surface area contributed by atoms with Crippen LogP contribution < -0.4 is 20.1 Å². The van der Waals surface area contributed by atoms with E-state index >= 15 is 0 Å². The molecule has 35 heavy (non-hydrogen) atoms. The van der Waals surface area contributed by atoms with Gasteiger partial charge in [-0.15, -0.1) is 0 Å². The van der Waals surface area contributed by atoms with Gasteiger partial charge in [-0.1, -0.05) is 42.5 Å². The van der Waals surface area contributed by atoms with Crippen molar-refractivity contribution in [2.24, 2.45) is 0 Å². The van der Waals surface area contributed by atoms with Gasteiger partial charge in [-0.3, -0.25) is 4.79 Å². The molecule has 0 bridgehead atoms. The third-order valence-corrected chi connectivity index (χ3v) is 6.98. The van der Waals surface area contributed by atoms with E-state index < -0.39 is 16.1 Å². The molecule has 0 aliphatic heterocycles. The van der Waals surface area contributed by atoms with Crippen LogP contribution in [0.4, 0.5) is 4.79 Å². The lowest BCUT2D eigenvalue weighted by Crippen LogP contribution is -2.45. The second-order valence-electron chi connectivity index (χ2n) is 8.73. The minimum absolute atomic E-state index is 0.0988. The summed E-state index contributed by atoms with van der Waals surface area (Å²) >= 11 is 0. The van der Waals surface area contributed by atoms with Gasteiger partial charge in [0.1, 0.15) is 11.9 Å². The molecule has 0 radical (unpaired) electrons. The number of hydrogen-bond acceptors (Lipinski definition) is 6. The monoisotopic (exact) mass is 503 g/mol. The molecule has 1 saturated carbocycles. The number of carbonyl (C=O) groups is 2. The summed E-state index contributed by atoms with van der Waals surface area (Å²) in [5, 5.41) is 5.66. The van der Waals surface area contributed by atoms with Crippen molar-refractivity contribution in [3.05, 3.63) is 65.7 Å². The van der Waals surface area contributed by atoms with Crippen molar-refractivity contribution in [3.63, 3.8) is 0 Å². The SMILES string of the molecule is COc1ccccc1C(=O)NCC1(c2ccccc2)CCC(OC(=O)NCCNS(C)(=O)=O)CC1. The van der Waals surface area contributed by atoms with Crippen molar-refractivity contribution in [3.8, 4) is 5.75 Å². The molecule has 9 nitrogen and oxygen atoms in total. The number of benzene rings is 2. The summed E-state index contributed by atoms with van der Waals surface area (Å²) in [6, 6.07) is 17.2. The van der Waals surface area contributed by atoms with E-state index in [9.17, 15) is 18.0 Å². The van der Waals surface area contributed by atoms with Crippen molar-refractivity contribution in [1.82, 2.24) is 15.4 Å². The Hall–Kier alpha value is -3.11. The van der Waals surface area contributed by atoms with E-state index in [-0.39, 0.29) is 30.5 Å². The predicted octanol–water partition coefficient (Wildman–Crippen LogP) is 2.58. The van der Waals surface area contributed by atoms with Gasteiger partial charge in [0.25, 0.3) is 5.91 Å². The highest BCUT2D eigenvalue weighted by molar-refractivity contribution is 7.88. The van der Waals surface area contributed by atoms with Gasteiger partial charge >= 0.3 is 6.09 Å². The Labute approximate surface area is 206 Å². The molecule has 1 fully saturated rings. The first kappa shape index (κ1) is 26.5. The number of rotatable bonds is 10. The molecule has 0 heterocycles. The first-order valence-electron chi connectivity index (χ1n) is 11.6. The molecule has 0 spiro atoms. The maximum Gasteiger partial charge on any atom is 0.407 e. The van der Waals surface area contributed by atoms with Gasteiger partial charge in [0, 0.05) is 25.0 Å². The van der Waals surface area contributed by atoms with Crippen molar-refractivity contribution >= 4 is 22.0 Å². The van der Waals surface area contributed by atoms with Crippen LogP contribution in [0.1, 0.15) is 41.6 Å². The third kappa shape index (κ3) is 7.69. The highest BCUT2D eigenvalue weighted by Crippen LogP contribution is 2.40. The van der Waals surface area contributed by atoms with Crippen LogP contribution in [0.2, 0.25) is 0 Å². The van der Waals surface area contributed by atoms with Crippen LogP contribution in [0.5, 0.6) is 5.75 Å². The molecule has 0 unspecified atom stereocenters. The summed E-state index contributed by atoms with van der Waals surface area (Å²) in [6.07, 6.45) is 3.00. The fourth-order valence-electron chi connectivity index (χ4n) is 4.39. The van der Waals surface area contributed by atoms with Gasteiger partial charge in [0.2, 0.25) is 10.0 Å². The Balaban J connectivity index is 1.59. The Morgan fingerprint density at radius 2 is 1.63 bits per heavy atom. The summed E-state index contributed by atoms with van der Waals surface area (Å²) in [5.74, 6) is 0.326. The van der Waals surface area contributed by atoms with Crippen LogP contribution in [-0.4, -0.2) is 59.5 Å². The lowest BCUT2D eigenvalue weighted by molar-refractivity contribution is 0.0566. The first-order valence-corrected chi connectivity index (χ1v) is 13.5. The Bertz CT molecular complexity index is 1100. The van der Waals surface area contributed by atoms with Crippen molar-refractivity contribution < 1.29 is 27.5 Å². The Morgan fingerprint density at radius 1 is 0.971 bits per heavy atom. The molecular formula is C25H33N3O6S. The molecule has 0 atom stereocenters. The zero-order chi connectivity index (χ0) is 25.3. The molecule has 2 aromatic rings. The molecule has 3 N–H and O–H groups in total. The van der Waals surface area contributed by atoms with Crippen LogP contribution in [0.25, 0.3) is 0 Å². The fourth-order valence-corrected chi connectivity index (χ4v) is 4.86. The second-order valence-corrected chi connectivity index (χ2v) is 10.6. The minimum atomic E-state index is -3.30. The number of hydrogen-bond donors (Lipinski definition) is 3. The summed E-state index contributed by atoms with van der Waals surface area (Å²) in [6.45, 7) is 0.688. The zero-order valence-corrected chi connectivity index (χ0v) is 20.9. The zero-order valence-electron chi connectivity index (χ0n) is 20.1. The lowest BCUT2D eigenvalue weighted by atomic mass is 9.68. The number of ether oxygens (including phenoxy) is 2. The van der Waals surface area contributed by atoms with Gasteiger partial charge in [-0.05, 0) is 43.4 Å². The highest BCUT2D eigenvalue weighted by Gasteiger charge is 2.38. The molecule has 190 valence electrons. The van der Waals surface area contributed by atoms with Gasteiger partial charge in [-0.25, -0.2) is 17.9 Å². The van der Waals surface area contributed by atoms with Gasteiger partial charge in [-0.2, -0.15) is 0 Å². The van der Waals surface area contributed by atoms with Crippen LogP contribution >= 0.6 is 0 Å². The van der Waals surface area contributed by atoms with Crippen LogP contribution in [0.3, 0.4) is 0 Å². The topological polar surface area (TPSA) is 123 Å². The van der Waals surface area contributed by atoms with Crippen molar-refractivity contribution in [2.75, 3.05) is 33.0 Å². The highest BCUT2D eigenvalue weighted by atomic mass is 32.2. The fraction of sp³-hybridized carbons (Fsp3) is 0.440. The van der Waals surface area contributed by atoms with E-state index in [4.69, 9.17) is 9.47 Å². The molecule has 0 aromatic heterocycles. The molecule has 10 heteroatoms. The smallest absolute Gasteiger partial charge is 0.407 e. The molecule has 3 rings (SSSR count). The molecule has 2 amide bonds. The normalized spacial score (nSPS) is 20.0. The minimum Gasteiger partial charge on any atom is -0.496 e.